The van der Waals surface area contributed by atoms with Crippen molar-refractivity contribution in [3.63, 3.8) is 0 Å². The van der Waals surface area contributed by atoms with Crippen molar-refractivity contribution < 1.29 is 0 Å². The SMILES string of the molecule is Cc1ccc(N(c2ccc(-c3ccc(/C=C/c4ccc(-c5ccc(N(c6ccc(C)cc6)c6cccc7ccccc67)cc5)cc4)cc3)cc2)c2cccc3ccccc23)cc1. The quantitative estimate of drug-likeness (QED) is 0.127. The molecule has 296 valence electrons. The van der Waals surface area contributed by atoms with Crippen molar-refractivity contribution >= 4 is 67.8 Å². The molecule has 0 saturated carbocycles. The second-order valence-electron chi connectivity index (χ2n) is 16.0. The number of aryl methyl sites for hydroxylation is 2. The molecule has 0 spiro atoms. The zero-order chi connectivity index (χ0) is 41.8. The van der Waals surface area contributed by atoms with Gasteiger partial charge < -0.3 is 9.80 Å². The Balaban J connectivity index is 0.843. The smallest absolute Gasteiger partial charge is 0.0540 e. The van der Waals surface area contributed by atoms with Crippen LogP contribution in [0.5, 0.6) is 0 Å². The molecule has 0 aliphatic heterocycles. The van der Waals surface area contributed by atoms with E-state index in [1.54, 1.807) is 0 Å². The zero-order valence-corrected chi connectivity index (χ0v) is 35.0. The molecule has 10 aromatic rings. The van der Waals surface area contributed by atoms with Crippen LogP contribution in [-0.4, -0.2) is 0 Å². The first-order valence-electron chi connectivity index (χ1n) is 21.3. The lowest BCUT2D eigenvalue weighted by molar-refractivity contribution is 1.29. The van der Waals surface area contributed by atoms with E-state index >= 15 is 0 Å². The Morgan fingerprint density at radius 2 is 0.565 bits per heavy atom. The summed E-state index contributed by atoms with van der Waals surface area (Å²) in [5, 5.41) is 4.91. The van der Waals surface area contributed by atoms with Crippen molar-refractivity contribution in [2.45, 2.75) is 13.8 Å². The summed E-state index contributed by atoms with van der Waals surface area (Å²) in [5.74, 6) is 0. The maximum absolute atomic E-state index is 2.36. The van der Waals surface area contributed by atoms with Crippen molar-refractivity contribution in [2.24, 2.45) is 0 Å². The third kappa shape index (κ3) is 7.90. The van der Waals surface area contributed by atoms with Gasteiger partial charge in [0.2, 0.25) is 0 Å². The molecule has 0 aliphatic rings. The largest absolute Gasteiger partial charge is 0.310 e. The number of fused-ring (bicyclic) bond motifs is 2. The van der Waals surface area contributed by atoms with Gasteiger partial charge in [-0.05, 0) is 119 Å². The summed E-state index contributed by atoms with van der Waals surface area (Å²) in [6, 6.07) is 83.3. The van der Waals surface area contributed by atoms with Crippen molar-refractivity contribution in [2.75, 3.05) is 9.80 Å². The lowest BCUT2D eigenvalue weighted by Gasteiger charge is -2.27. The summed E-state index contributed by atoms with van der Waals surface area (Å²) in [6.07, 6.45) is 4.38. The van der Waals surface area contributed by atoms with Crippen LogP contribution in [0.3, 0.4) is 0 Å². The van der Waals surface area contributed by atoms with Crippen LogP contribution >= 0.6 is 0 Å². The first-order valence-corrected chi connectivity index (χ1v) is 21.3. The maximum atomic E-state index is 2.36. The van der Waals surface area contributed by atoms with E-state index in [0.717, 1.165) is 33.9 Å². The van der Waals surface area contributed by atoms with E-state index in [2.05, 4.69) is 266 Å². The normalized spacial score (nSPS) is 11.3. The molecule has 0 aromatic heterocycles. The highest BCUT2D eigenvalue weighted by molar-refractivity contribution is 6.00. The van der Waals surface area contributed by atoms with Crippen LogP contribution in [0.1, 0.15) is 22.3 Å². The van der Waals surface area contributed by atoms with Gasteiger partial charge in [0.15, 0.2) is 0 Å². The Kier molecular flexibility index (Phi) is 10.5. The molecule has 0 N–H and O–H groups in total. The highest BCUT2D eigenvalue weighted by Gasteiger charge is 2.17. The predicted molar refractivity (Wildman–Crippen MR) is 267 cm³/mol. The second kappa shape index (κ2) is 17.0. The Labute approximate surface area is 364 Å². The predicted octanol–water partition coefficient (Wildman–Crippen LogP) is 17.1. The molecule has 0 unspecified atom stereocenters. The zero-order valence-electron chi connectivity index (χ0n) is 35.0. The number of benzene rings is 10. The highest BCUT2D eigenvalue weighted by Crippen LogP contribution is 2.41. The molecule has 62 heavy (non-hydrogen) atoms. The first kappa shape index (κ1) is 38.3. The van der Waals surface area contributed by atoms with Gasteiger partial charge in [0, 0.05) is 33.5 Å². The Morgan fingerprint density at radius 1 is 0.274 bits per heavy atom. The number of rotatable bonds is 10. The summed E-state index contributed by atoms with van der Waals surface area (Å²) in [5.41, 5.74) is 16.4. The number of hydrogen-bond acceptors (Lipinski definition) is 2. The minimum atomic E-state index is 1.12. The summed E-state index contributed by atoms with van der Waals surface area (Å²) < 4.78 is 0. The Morgan fingerprint density at radius 3 is 0.919 bits per heavy atom. The molecular weight excluding hydrogens is 749 g/mol. The van der Waals surface area contributed by atoms with Gasteiger partial charge >= 0.3 is 0 Å². The summed E-state index contributed by atoms with van der Waals surface area (Å²) >= 11 is 0. The van der Waals surface area contributed by atoms with Crippen LogP contribution in [0.25, 0.3) is 56.0 Å². The van der Waals surface area contributed by atoms with E-state index < -0.39 is 0 Å². The summed E-state index contributed by atoms with van der Waals surface area (Å²) in [4.78, 5) is 4.71. The molecule has 10 aromatic carbocycles. The second-order valence-corrected chi connectivity index (χ2v) is 16.0. The van der Waals surface area contributed by atoms with Gasteiger partial charge in [-0.25, -0.2) is 0 Å². The van der Waals surface area contributed by atoms with E-state index in [1.165, 1.54) is 66.3 Å². The van der Waals surface area contributed by atoms with Crippen molar-refractivity contribution in [3.8, 4) is 22.3 Å². The van der Waals surface area contributed by atoms with Gasteiger partial charge in [0.05, 0.1) is 11.4 Å². The van der Waals surface area contributed by atoms with E-state index in [-0.39, 0.29) is 0 Å². The van der Waals surface area contributed by atoms with Gasteiger partial charge in [-0.15, -0.1) is 0 Å². The van der Waals surface area contributed by atoms with E-state index in [1.807, 2.05) is 0 Å². The van der Waals surface area contributed by atoms with Gasteiger partial charge in [0.25, 0.3) is 0 Å². The molecule has 0 heterocycles. The lowest BCUT2D eigenvalue weighted by Crippen LogP contribution is -2.10. The minimum Gasteiger partial charge on any atom is -0.310 e. The fourth-order valence-electron chi connectivity index (χ4n) is 8.42. The van der Waals surface area contributed by atoms with E-state index in [0.29, 0.717) is 0 Å². The molecule has 0 fully saturated rings. The van der Waals surface area contributed by atoms with Crippen molar-refractivity contribution in [1.82, 2.24) is 0 Å². The van der Waals surface area contributed by atoms with Crippen molar-refractivity contribution in [1.29, 1.82) is 0 Å². The minimum absolute atomic E-state index is 1.12. The highest BCUT2D eigenvalue weighted by atomic mass is 15.1. The molecule has 0 amide bonds. The van der Waals surface area contributed by atoms with Gasteiger partial charge in [0.1, 0.15) is 0 Å². The third-order valence-electron chi connectivity index (χ3n) is 11.8. The molecule has 2 nitrogen and oxygen atoms in total. The summed E-state index contributed by atoms with van der Waals surface area (Å²) in [7, 11) is 0. The van der Waals surface area contributed by atoms with Gasteiger partial charge in [-0.3, -0.25) is 0 Å². The molecule has 0 atom stereocenters. The fourth-order valence-corrected chi connectivity index (χ4v) is 8.42. The van der Waals surface area contributed by atoms with Crippen molar-refractivity contribution in [3.05, 3.63) is 253 Å². The Bertz CT molecular complexity index is 2920. The number of nitrogens with zero attached hydrogens (tertiary/aromatic N) is 2. The number of hydrogen-bond donors (Lipinski definition) is 0. The third-order valence-corrected chi connectivity index (χ3v) is 11.8. The van der Waals surface area contributed by atoms with Crippen LogP contribution in [0, 0.1) is 13.8 Å². The van der Waals surface area contributed by atoms with Gasteiger partial charge in [-0.1, -0.05) is 193 Å². The average molecular weight is 795 g/mol. The molecular formula is C60H46N2. The lowest BCUT2D eigenvalue weighted by atomic mass is 10.0. The van der Waals surface area contributed by atoms with Crippen LogP contribution < -0.4 is 9.80 Å². The maximum Gasteiger partial charge on any atom is 0.0540 e. The molecule has 0 radical (unpaired) electrons. The average Bonchev–Trinajstić information content (AvgIpc) is 3.33. The van der Waals surface area contributed by atoms with Crippen LogP contribution in [-0.2, 0) is 0 Å². The summed E-state index contributed by atoms with van der Waals surface area (Å²) in [6.45, 7) is 4.27. The molecule has 10 rings (SSSR count). The molecule has 2 heteroatoms. The van der Waals surface area contributed by atoms with E-state index in [4.69, 9.17) is 0 Å². The monoisotopic (exact) mass is 794 g/mol. The fraction of sp³-hybridized carbons (Fsp3) is 0.0333. The standard InChI is InChI=1S/C60H46N2/c1-43-17-35-53(36-18-43)61(59-15-7-11-51-9-3-5-13-57(51)59)55-39-31-49(32-40-55)47-27-23-45(24-28-47)21-22-46-25-29-48(30-26-46)50-33-41-56(42-34-50)62(54-37-19-44(2)20-38-54)60-16-8-12-52-10-4-6-14-58(52)60/h3-42H,1-2H3/b22-21+. The van der Waals surface area contributed by atoms with Crippen LogP contribution in [0.15, 0.2) is 231 Å². The van der Waals surface area contributed by atoms with Gasteiger partial charge in [-0.2, -0.15) is 0 Å². The topological polar surface area (TPSA) is 6.48 Å². The van der Waals surface area contributed by atoms with Crippen LogP contribution in [0.4, 0.5) is 34.1 Å². The van der Waals surface area contributed by atoms with E-state index in [9.17, 15) is 0 Å². The molecule has 0 bridgehead atoms. The Hall–Kier alpha value is -7.94. The first-order chi connectivity index (χ1) is 30.5. The van der Waals surface area contributed by atoms with Crippen LogP contribution in [0.2, 0.25) is 0 Å². The molecule has 0 saturated heterocycles. The molecule has 0 aliphatic carbocycles. The number of anilines is 6.